The van der Waals surface area contributed by atoms with Gasteiger partial charge in [-0.15, -0.1) is 0 Å². The van der Waals surface area contributed by atoms with Crippen molar-refractivity contribution in [3.05, 3.63) is 12.4 Å². The molecule has 1 aliphatic rings. The van der Waals surface area contributed by atoms with Gasteiger partial charge in [0, 0.05) is 32.1 Å². The predicted octanol–water partition coefficient (Wildman–Crippen LogP) is 2.30. The van der Waals surface area contributed by atoms with E-state index in [4.69, 9.17) is 4.74 Å². The van der Waals surface area contributed by atoms with Crippen molar-refractivity contribution >= 4 is 5.95 Å². The quantitative estimate of drug-likeness (QED) is 0.721. The van der Waals surface area contributed by atoms with Gasteiger partial charge in [-0.1, -0.05) is 12.8 Å². The summed E-state index contributed by atoms with van der Waals surface area (Å²) in [5, 5.41) is 3.30. The van der Waals surface area contributed by atoms with Gasteiger partial charge in [0.1, 0.15) is 0 Å². The molecule has 0 aliphatic heterocycles. The van der Waals surface area contributed by atoms with Crippen molar-refractivity contribution < 1.29 is 4.74 Å². The Morgan fingerprint density at radius 2 is 2.44 bits per heavy atom. The van der Waals surface area contributed by atoms with E-state index < -0.39 is 0 Å². The van der Waals surface area contributed by atoms with Crippen LogP contribution in [-0.2, 0) is 4.74 Å². The molecule has 2 rings (SSSR count). The zero-order valence-electron chi connectivity index (χ0n) is 10.1. The monoisotopic (exact) mass is 223 g/mol. The lowest BCUT2D eigenvalue weighted by Crippen LogP contribution is -2.14. The van der Waals surface area contributed by atoms with Gasteiger partial charge in [-0.3, -0.25) is 0 Å². The molecule has 0 spiro atoms. The van der Waals surface area contributed by atoms with Gasteiger partial charge in [-0.2, -0.15) is 0 Å². The van der Waals surface area contributed by atoms with Crippen LogP contribution in [0.5, 0.6) is 0 Å². The van der Waals surface area contributed by atoms with Crippen molar-refractivity contribution in [1.29, 1.82) is 0 Å². The summed E-state index contributed by atoms with van der Waals surface area (Å²) in [6.07, 6.45) is 8.01. The molecule has 1 saturated carbocycles. The lowest BCUT2D eigenvalue weighted by Gasteiger charge is -2.16. The summed E-state index contributed by atoms with van der Waals surface area (Å²) in [5.74, 6) is 1.91. The fourth-order valence-electron chi connectivity index (χ4n) is 2.02. The van der Waals surface area contributed by atoms with E-state index >= 15 is 0 Å². The molecule has 0 aromatic carbocycles. The van der Waals surface area contributed by atoms with Gasteiger partial charge in [0.2, 0.25) is 5.95 Å². The number of methoxy groups -OCH3 is 1. The molecule has 1 fully saturated rings. The van der Waals surface area contributed by atoms with E-state index in [0.29, 0.717) is 12.6 Å². The van der Waals surface area contributed by atoms with E-state index in [1.165, 1.54) is 19.3 Å². The van der Waals surface area contributed by atoms with E-state index in [1.54, 1.807) is 7.11 Å². The fraction of sp³-hybridized carbons (Fsp3) is 0.750. The second-order valence-electron chi connectivity index (χ2n) is 4.61. The molecule has 0 bridgehead atoms. The maximum atomic E-state index is 5.02. The number of hydrogen-bond acceptors (Lipinski definition) is 3. The van der Waals surface area contributed by atoms with E-state index in [2.05, 4.69) is 28.0 Å². The predicted molar refractivity (Wildman–Crippen MR) is 64.6 cm³/mol. The molecule has 4 nitrogen and oxygen atoms in total. The van der Waals surface area contributed by atoms with Gasteiger partial charge in [0.25, 0.3) is 0 Å². The van der Waals surface area contributed by atoms with E-state index in [-0.39, 0.29) is 0 Å². The Morgan fingerprint density at radius 3 is 3.12 bits per heavy atom. The van der Waals surface area contributed by atoms with Crippen molar-refractivity contribution in [3.63, 3.8) is 0 Å². The van der Waals surface area contributed by atoms with Crippen LogP contribution in [0.3, 0.4) is 0 Å². The summed E-state index contributed by atoms with van der Waals surface area (Å²) < 4.78 is 7.25. The third-order valence-electron chi connectivity index (χ3n) is 3.10. The molecule has 16 heavy (non-hydrogen) atoms. The Bertz CT molecular complexity index is 320. The van der Waals surface area contributed by atoms with Crippen LogP contribution in [0.4, 0.5) is 5.95 Å². The van der Waals surface area contributed by atoms with Crippen molar-refractivity contribution in [3.8, 4) is 0 Å². The maximum absolute atomic E-state index is 5.02. The van der Waals surface area contributed by atoms with Crippen LogP contribution < -0.4 is 5.32 Å². The van der Waals surface area contributed by atoms with Gasteiger partial charge in [-0.05, 0) is 19.3 Å². The molecular weight excluding hydrogens is 202 g/mol. The summed E-state index contributed by atoms with van der Waals surface area (Å²) in [4.78, 5) is 4.33. The van der Waals surface area contributed by atoms with Crippen LogP contribution in [-0.4, -0.2) is 29.8 Å². The number of rotatable bonds is 7. The molecule has 1 aromatic rings. The highest BCUT2D eigenvalue weighted by Crippen LogP contribution is 2.37. The lowest BCUT2D eigenvalue weighted by atomic mass is 10.1. The summed E-state index contributed by atoms with van der Waals surface area (Å²) in [7, 11) is 1.71. The number of aromatic nitrogens is 2. The number of nitrogens with one attached hydrogen (secondary N) is 1. The van der Waals surface area contributed by atoms with Crippen LogP contribution >= 0.6 is 0 Å². The molecule has 4 heteroatoms. The van der Waals surface area contributed by atoms with Gasteiger partial charge in [-0.25, -0.2) is 4.98 Å². The molecule has 0 amide bonds. The third kappa shape index (κ3) is 2.98. The van der Waals surface area contributed by atoms with Crippen LogP contribution in [0, 0.1) is 5.92 Å². The number of nitrogens with zero attached hydrogens (tertiary/aromatic N) is 2. The van der Waals surface area contributed by atoms with Crippen LogP contribution in [0.2, 0.25) is 0 Å². The van der Waals surface area contributed by atoms with Gasteiger partial charge < -0.3 is 14.6 Å². The highest BCUT2D eigenvalue weighted by molar-refractivity contribution is 5.26. The average molecular weight is 223 g/mol. The fourth-order valence-corrected chi connectivity index (χ4v) is 2.02. The Labute approximate surface area is 97.0 Å². The topological polar surface area (TPSA) is 39.1 Å². The standard InChI is InChI=1S/C12H21N3O/c1-10(9-11-3-4-11)15-7-5-13-12(15)14-6-8-16-2/h5,7,10-11H,3-4,6,8-9H2,1-2H3,(H,13,14). The first-order chi connectivity index (χ1) is 7.81. The Balaban J connectivity index is 1.88. The summed E-state index contributed by atoms with van der Waals surface area (Å²) in [6, 6.07) is 0.542. The largest absolute Gasteiger partial charge is 0.383 e. The van der Waals surface area contributed by atoms with Crippen LogP contribution in [0.25, 0.3) is 0 Å². The SMILES string of the molecule is COCCNc1nccn1C(C)CC1CC1. The highest BCUT2D eigenvalue weighted by Gasteiger charge is 2.24. The Morgan fingerprint density at radius 1 is 1.62 bits per heavy atom. The first kappa shape index (κ1) is 11.5. The molecule has 0 saturated heterocycles. The van der Waals surface area contributed by atoms with E-state index in [1.807, 2.05) is 6.20 Å². The number of imidazole rings is 1. The minimum atomic E-state index is 0.542. The van der Waals surface area contributed by atoms with E-state index in [0.717, 1.165) is 18.4 Å². The van der Waals surface area contributed by atoms with E-state index in [9.17, 15) is 0 Å². The number of hydrogen-bond donors (Lipinski definition) is 1. The molecule has 1 N–H and O–H groups in total. The molecular formula is C12H21N3O. The number of anilines is 1. The summed E-state index contributed by atoms with van der Waals surface area (Å²) in [6.45, 7) is 3.79. The molecule has 1 unspecified atom stereocenters. The Hall–Kier alpha value is -1.03. The van der Waals surface area contributed by atoms with Crippen LogP contribution in [0.15, 0.2) is 12.4 Å². The first-order valence-electron chi connectivity index (χ1n) is 6.07. The maximum Gasteiger partial charge on any atom is 0.203 e. The lowest BCUT2D eigenvalue weighted by molar-refractivity contribution is 0.210. The third-order valence-corrected chi connectivity index (χ3v) is 3.10. The smallest absolute Gasteiger partial charge is 0.203 e. The van der Waals surface area contributed by atoms with Crippen molar-refractivity contribution in [2.24, 2.45) is 5.92 Å². The number of ether oxygens (including phenoxy) is 1. The van der Waals surface area contributed by atoms with Gasteiger partial charge in [0.15, 0.2) is 0 Å². The molecule has 0 radical (unpaired) electrons. The van der Waals surface area contributed by atoms with Crippen molar-refractivity contribution in [1.82, 2.24) is 9.55 Å². The first-order valence-corrected chi connectivity index (χ1v) is 6.07. The summed E-state index contributed by atoms with van der Waals surface area (Å²) in [5.41, 5.74) is 0. The molecule has 1 atom stereocenters. The highest BCUT2D eigenvalue weighted by atomic mass is 16.5. The normalized spacial score (nSPS) is 17.4. The molecule has 1 aliphatic carbocycles. The molecule has 1 heterocycles. The second kappa shape index (κ2) is 5.34. The van der Waals surface area contributed by atoms with Crippen LogP contribution in [0.1, 0.15) is 32.2 Å². The minimum absolute atomic E-state index is 0.542. The van der Waals surface area contributed by atoms with Gasteiger partial charge in [0.05, 0.1) is 6.61 Å². The second-order valence-corrected chi connectivity index (χ2v) is 4.61. The van der Waals surface area contributed by atoms with Crippen molar-refractivity contribution in [2.45, 2.75) is 32.2 Å². The summed E-state index contributed by atoms with van der Waals surface area (Å²) >= 11 is 0. The zero-order chi connectivity index (χ0) is 11.4. The van der Waals surface area contributed by atoms with Gasteiger partial charge >= 0.3 is 0 Å². The van der Waals surface area contributed by atoms with Crippen molar-refractivity contribution in [2.75, 3.05) is 25.6 Å². The Kier molecular flexibility index (Phi) is 3.83. The zero-order valence-corrected chi connectivity index (χ0v) is 10.1. The molecule has 90 valence electrons. The average Bonchev–Trinajstić information content (AvgIpc) is 2.95. The molecule has 1 aromatic heterocycles. The minimum Gasteiger partial charge on any atom is -0.383 e.